The Bertz CT molecular complexity index is 281. The molecule has 1 aromatic rings. The van der Waals surface area contributed by atoms with Crippen molar-refractivity contribution in [3.63, 3.8) is 0 Å². The molecule has 3 nitrogen and oxygen atoms in total. The van der Waals surface area contributed by atoms with Crippen molar-refractivity contribution in [2.75, 3.05) is 6.61 Å². The van der Waals surface area contributed by atoms with Crippen LogP contribution in [0.25, 0.3) is 0 Å². The highest BCUT2D eigenvalue weighted by Gasteiger charge is 1.97. The van der Waals surface area contributed by atoms with Gasteiger partial charge in [-0.3, -0.25) is 4.79 Å². The molecule has 0 amide bonds. The quantitative estimate of drug-likeness (QED) is 0.672. The molecule has 0 aromatic heterocycles. The predicted molar refractivity (Wildman–Crippen MR) is 49.6 cm³/mol. The number of hydrogen-bond donors (Lipinski definition) is 1. The number of hydrogen-bond acceptors (Lipinski definition) is 2. The van der Waals surface area contributed by atoms with Crippen LogP contribution in [0.1, 0.15) is 6.42 Å². The third kappa shape index (κ3) is 3.65. The Morgan fingerprint density at radius 3 is 2.54 bits per heavy atom. The molecule has 0 heterocycles. The molecule has 0 fully saturated rings. The minimum absolute atomic E-state index is 0.00434. The number of rotatable bonds is 4. The first kappa shape index (κ1) is 9.64. The summed E-state index contributed by atoms with van der Waals surface area (Å²) < 4.78 is 5.14. The van der Waals surface area contributed by atoms with Crippen LogP contribution in [0.2, 0.25) is 0 Å². The summed E-state index contributed by atoms with van der Waals surface area (Å²) in [5, 5.41) is 8.34. The summed E-state index contributed by atoms with van der Waals surface area (Å²) in [7, 11) is 5.45. The fourth-order valence-corrected chi connectivity index (χ4v) is 0.820. The lowest BCUT2D eigenvalue weighted by Crippen LogP contribution is -2.06. The Kier molecular flexibility index (Phi) is 3.37. The first-order valence-corrected chi connectivity index (χ1v) is 3.88. The highest BCUT2D eigenvalue weighted by atomic mass is 16.5. The first-order chi connectivity index (χ1) is 6.18. The molecular formula is C9H9BO3. The van der Waals surface area contributed by atoms with Crippen molar-refractivity contribution in [1.29, 1.82) is 0 Å². The van der Waals surface area contributed by atoms with Gasteiger partial charge in [-0.25, -0.2) is 0 Å². The average molecular weight is 176 g/mol. The maximum absolute atomic E-state index is 10.1. The zero-order valence-electron chi connectivity index (χ0n) is 7.06. The maximum Gasteiger partial charge on any atom is 0.306 e. The molecule has 0 aliphatic carbocycles. The summed E-state index contributed by atoms with van der Waals surface area (Å²) in [4.78, 5) is 10.1. The van der Waals surface area contributed by atoms with E-state index in [1.54, 1.807) is 24.3 Å². The molecule has 0 aliphatic heterocycles. The average Bonchev–Trinajstić information content (AvgIpc) is 2.08. The minimum Gasteiger partial charge on any atom is -0.493 e. The van der Waals surface area contributed by atoms with E-state index in [2.05, 4.69) is 0 Å². The molecule has 1 aromatic carbocycles. The Labute approximate surface area is 77.7 Å². The Balaban J connectivity index is 2.37. The van der Waals surface area contributed by atoms with Crippen LogP contribution < -0.4 is 10.2 Å². The number of carbonyl (C=O) groups is 1. The molecule has 4 heteroatoms. The Hall–Kier alpha value is -1.45. The number of carboxylic acid groups (broad SMARTS) is 1. The molecule has 0 saturated carbocycles. The second-order valence-corrected chi connectivity index (χ2v) is 2.56. The normalized spacial score (nSPS) is 9.54. The van der Waals surface area contributed by atoms with Gasteiger partial charge >= 0.3 is 5.97 Å². The SMILES string of the molecule is [B]c1ccc(OCCC(=O)O)cc1. The monoisotopic (exact) mass is 176 g/mol. The van der Waals surface area contributed by atoms with Crippen molar-refractivity contribution < 1.29 is 14.6 Å². The highest BCUT2D eigenvalue weighted by Crippen LogP contribution is 2.06. The van der Waals surface area contributed by atoms with Crippen molar-refractivity contribution in [1.82, 2.24) is 0 Å². The van der Waals surface area contributed by atoms with Gasteiger partial charge < -0.3 is 9.84 Å². The zero-order valence-corrected chi connectivity index (χ0v) is 7.06. The van der Waals surface area contributed by atoms with Crippen molar-refractivity contribution in [2.45, 2.75) is 6.42 Å². The minimum atomic E-state index is -0.865. The van der Waals surface area contributed by atoms with Gasteiger partial charge in [-0.05, 0) is 12.1 Å². The van der Waals surface area contributed by atoms with Gasteiger partial charge in [0.25, 0.3) is 0 Å². The summed E-state index contributed by atoms with van der Waals surface area (Å²) >= 11 is 0. The lowest BCUT2D eigenvalue weighted by Gasteiger charge is -2.03. The molecule has 0 aliphatic rings. The van der Waals surface area contributed by atoms with Crippen LogP contribution in [0.15, 0.2) is 24.3 Å². The summed E-state index contributed by atoms with van der Waals surface area (Å²) in [5.74, 6) is -0.231. The smallest absolute Gasteiger partial charge is 0.306 e. The van der Waals surface area contributed by atoms with Gasteiger partial charge in [-0.15, -0.1) is 0 Å². The van der Waals surface area contributed by atoms with Crippen LogP contribution in [0.4, 0.5) is 0 Å². The third-order valence-electron chi connectivity index (χ3n) is 1.46. The molecule has 0 unspecified atom stereocenters. The molecule has 13 heavy (non-hydrogen) atoms. The molecule has 66 valence electrons. The second-order valence-electron chi connectivity index (χ2n) is 2.56. The zero-order chi connectivity index (χ0) is 9.68. The van der Waals surface area contributed by atoms with Gasteiger partial charge in [0.2, 0.25) is 0 Å². The van der Waals surface area contributed by atoms with Crippen LogP contribution in [0, 0.1) is 0 Å². The standard InChI is InChI=1S/C9H9BO3/c10-7-1-3-8(4-2-7)13-6-5-9(11)12/h1-4H,5-6H2,(H,11,12). The first-order valence-electron chi connectivity index (χ1n) is 3.88. The van der Waals surface area contributed by atoms with Crippen LogP contribution >= 0.6 is 0 Å². The van der Waals surface area contributed by atoms with E-state index >= 15 is 0 Å². The number of ether oxygens (including phenoxy) is 1. The van der Waals surface area contributed by atoms with E-state index in [0.29, 0.717) is 11.2 Å². The van der Waals surface area contributed by atoms with E-state index in [-0.39, 0.29) is 13.0 Å². The lowest BCUT2D eigenvalue weighted by molar-refractivity contribution is -0.137. The maximum atomic E-state index is 10.1. The van der Waals surface area contributed by atoms with Gasteiger partial charge in [0.05, 0.1) is 13.0 Å². The molecule has 0 spiro atoms. The van der Waals surface area contributed by atoms with E-state index in [9.17, 15) is 4.79 Å². The van der Waals surface area contributed by atoms with Gasteiger partial charge in [-0.1, -0.05) is 17.6 Å². The molecule has 0 bridgehead atoms. The molecular weight excluding hydrogens is 167 g/mol. The summed E-state index contributed by atoms with van der Waals surface area (Å²) in [6.45, 7) is 0.180. The fraction of sp³-hybridized carbons (Fsp3) is 0.222. The number of benzene rings is 1. The topological polar surface area (TPSA) is 46.5 Å². The predicted octanol–water partition coefficient (Wildman–Crippen LogP) is 0.334. The summed E-state index contributed by atoms with van der Waals surface area (Å²) in [5.41, 5.74) is 0.658. The lowest BCUT2D eigenvalue weighted by atomic mass is 9.97. The van der Waals surface area contributed by atoms with E-state index in [1.807, 2.05) is 0 Å². The Morgan fingerprint density at radius 1 is 1.38 bits per heavy atom. The van der Waals surface area contributed by atoms with Crippen LogP contribution in [-0.4, -0.2) is 25.5 Å². The summed E-state index contributed by atoms with van der Waals surface area (Å²) in [6.07, 6.45) is 0.00434. The molecule has 0 atom stereocenters. The van der Waals surface area contributed by atoms with Gasteiger partial charge in [0, 0.05) is 0 Å². The molecule has 0 saturated heterocycles. The van der Waals surface area contributed by atoms with E-state index in [1.165, 1.54) is 0 Å². The number of carboxylic acids is 1. The third-order valence-corrected chi connectivity index (χ3v) is 1.46. The fourth-order valence-electron chi connectivity index (χ4n) is 0.820. The van der Waals surface area contributed by atoms with Crippen molar-refractivity contribution in [3.05, 3.63) is 24.3 Å². The summed E-state index contributed by atoms with van der Waals surface area (Å²) in [6, 6.07) is 6.82. The molecule has 2 radical (unpaired) electrons. The van der Waals surface area contributed by atoms with Crippen LogP contribution in [0.5, 0.6) is 5.75 Å². The highest BCUT2D eigenvalue weighted by molar-refractivity contribution is 6.32. The molecule has 1 N–H and O–H groups in total. The van der Waals surface area contributed by atoms with Gasteiger partial charge in [-0.2, -0.15) is 0 Å². The van der Waals surface area contributed by atoms with Crippen LogP contribution in [0.3, 0.4) is 0 Å². The van der Waals surface area contributed by atoms with Gasteiger partial charge in [0.15, 0.2) is 0 Å². The van der Waals surface area contributed by atoms with Crippen molar-refractivity contribution in [3.8, 4) is 5.75 Å². The van der Waals surface area contributed by atoms with Crippen molar-refractivity contribution >= 4 is 19.3 Å². The largest absolute Gasteiger partial charge is 0.493 e. The second kappa shape index (κ2) is 4.55. The van der Waals surface area contributed by atoms with Crippen LogP contribution in [-0.2, 0) is 4.79 Å². The van der Waals surface area contributed by atoms with E-state index < -0.39 is 5.97 Å². The van der Waals surface area contributed by atoms with E-state index in [4.69, 9.17) is 17.7 Å². The van der Waals surface area contributed by atoms with Crippen molar-refractivity contribution in [2.24, 2.45) is 0 Å². The van der Waals surface area contributed by atoms with E-state index in [0.717, 1.165) is 0 Å². The molecule has 1 rings (SSSR count). The van der Waals surface area contributed by atoms with Gasteiger partial charge in [0.1, 0.15) is 13.6 Å². The number of aliphatic carboxylic acids is 1. The Morgan fingerprint density at radius 2 is 2.00 bits per heavy atom.